The van der Waals surface area contributed by atoms with Crippen molar-refractivity contribution in [1.82, 2.24) is 14.6 Å². The van der Waals surface area contributed by atoms with Crippen LogP contribution in [-0.2, 0) is 10.9 Å². The molecular formula is C12H14F3N5O. The van der Waals surface area contributed by atoms with Crippen LogP contribution in [0.15, 0.2) is 18.5 Å². The third-order valence-electron chi connectivity index (χ3n) is 3.36. The molecule has 1 aliphatic heterocycles. The maximum Gasteiger partial charge on any atom is 0.435 e. The van der Waals surface area contributed by atoms with Gasteiger partial charge in [0.25, 0.3) is 0 Å². The Labute approximate surface area is 118 Å². The summed E-state index contributed by atoms with van der Waals surface area (Å²) < 4.78 is 45.0. The molecule has 2 aromatic heterocycles. The second-order valence-electron chi connectivity index (χ2n) is 4.78. The highest BCUT2D eigenvalue weighted by atomic mass is 19.4. The van der Waals surface area contributed by atoms with E-state index < -0.39 is 11.9 Å². The van der Waals surface area contributed by atoms with E-state index in [1.807, 2.05) is 4.90 Å². The molecule has 0 aromatic carbocycles. The topological polar surface area (TPSA) is 68.7 Å². The zero-order valence-electron chi connectivity index (χ0n) is 11.0. The number of nitrogens with zero attached hydrogens (tertiary/aromatic N) is 4. The Balaban J connectivity index is 2.00. The molecule has 0 amide bonds. The molecule has 3 rings (SSSR count). The van der Waals surface area contributed by atoms with E-state index in [1.54, 1.807) is 0 Å². The number of alkyl halides is 3. The maximum absolute atomic E-state index is 12.8. The normalized spacial score (nSPS) is 20.2. The molecule has 0 saturated carbocycles. The van der Waals surface area contributed by atoms with Gasteiger partial charge in [0.1, 0.15) is 5.52 Å². The van der Waals surface area contributed by atoms with Gasteiger partial charge < -0.3 is 15.4 Å². The van der Waals surface area contributed by atoms with Gasteiger partial charge in [-0.1, -0.05) is 0 Å². The molecule has 0 radical (unpaired) electrons. The van der Waals surface area contributed by atoms with Crippen molar-refractivity contribution in [2.75, 3.05) is 31.1 Å². The molecule has 9 heteroatoms. The van der Waals surface area contributed by atoms with E-state index in [1.165, 1.54) is 16.9 Å². The third kappa shape index (κ3) is 2.66. The molecule has 0 spiro atoms. The van der Waals surface area contributed by atoms with Gasteiger partial charge in [0.2, 0.25) is 0 Å². The number of fused-ring (bicyclic) bond motifs is 1. The van der Waals surface area contributed by atoms with Crippen LogP contribution in [0.5, 0.6) is 0 Å². The van der Waals surface area contributed by atoms with Gasteiger partial charge in [0.05, 0.1) is 12.7 Å². The summed E-state index contributed by atoms with van der Waals surface area (Å²) in [7, 11) is 0. The average molecular weight is 301 g/mol. The number of morpholine rings is 1. The highest BCUT2D eigenvalue weighted by Crippen LogP contribution is 2.31. The molecule has 0 bridgehead atoms. The fourth-order valence-electron chi connectivity index (χ4n) is 2.34. The minimum Gasteiger partial charge on any atom is -0.373 e. The Hall–Kier alpha value is -1.87. The van der Waals surface area contributed by atoms with Crippen LogP contribution < -0.4 is 10.6 Å². The summed E-state index contributed by atoms with van der Waals surface area (Å²) in [6.07, 6.45) is -1.79. The van der Waals surface area contributed by atoms with Crippen LogP contribution >= 0.6 is 0 Å². The van der Waals surface area contributed by atoms with Crippen molar-refractivity contribution in [3.63, 3.8) is 0 Å². The van der Waals surface area contributed by atoms with Gasteiger partial charge in [-0.15, -0.1) is 0 Å². The largest absolute Gasteiger partial charge is 0.435 e. The first-order valence-corrected chi connectivity index (χ1v) is 6.47. The van der Waals surface area contributed by atoms with Crippen LogP contribution in [0.1, 0.15) is 5.69 Å². The molecule has 0 aliphatic carbocycles. The van der Waals surface area contributed by atoms with Gasteiger partial charge in [0.15, 0.2) is 11.5 Å². The summed E-state index contributed by atoms with van der Waals surface area (Å²) in [6.45, 7) is 1.86. The van der Waals surface area contributed by atoms with Crippen LogP contribution in [0.2, 0.25) is 0 Å². The Morgan fingerprint density at radius 2 is 2.24 bits per heavy atom. The second-order valence-corrected chi connectivity index (χ2v) is 4.78. The van der Waals surface area contributed by atoms with Crippen molar-refractivity contribution < 1.29 is 17.9 Å². The van der Waals surface area contributed by atoms with Gasteiger partial charge >= 0.3 is 6.18 Å². The Kier molecular flexibility index (Phi) is 3.46. The Morgan fingerprint density at radius 3 is 2.95 bits per heavy atom. The lowest BCUT2D eigenvalue weighted by atomic mass is 10.2. The highest BCUT2D eigenvalue weighted by Gasteiger charge is 2.35. The summed E-state index contributed by atoms with van der Waals surface area (Å²) in [4.78, 5) is 6.07. The van der Waals surface area contributed by atoms with E-state index in [2.05, 4.69) is 10.1 Å². The molecule has 1 unspecified atom stereocenters. The van der Waals surface area contributed by atoms with E-state index in [9.17, 15) is 13.2 Å². The number of ether oxygens (including phenoxy) is 1. The summed E-state index contributed by atoms with van der Waals surface area (Å²) in [5, 5.41) is 3.55. The molecule has 1 atom stereocenters. The Bertz CT molecular complexity index is 641. The fraction of sp³-hybridized carbons (Fsp3) is 0.500. The molecule has 2 aromatic rings. The van der Waals surface area contributed by atoms with Crippen molar-refractivity contribution in [1.29, 1.82) is 0 Å². The fourth-order valence-corrected chi connectivity index (χ4v) is 2.34. The summed E-state index contributed by atoms with van der Waals surface area (Å²) in [6, 6.07) is 1.01. The van der Waals surface area contributed by atoms with Crippen molar-refractivity contribution >= 4 is 11.3 Å². The van der Waals surface area contributed by atoms with Crippen LogP contribution in [0.4, 0.5) is 19.0 Å². The smallest absolute Gasteiger partial charge is 0.373 e. The number of hydrogen-bond donors (Lipinski definition) is 1. The van der Waals surface area contributed by atoms with Crippen molar-refractivity contribution in [2.24, 2.45) is 5.73 Å². The second kappa shape index (κ2) is 5.15. The van der Waals surface area contributed by atoms with Crippen LogP contribution in [0.3, 0.4) is 0 Å². The average Bonchev–Trinajstić information content (AvgIpc) is 2.91. The molecule has 1 aliphatic rings. The molecule has 1 fully saturated rings. The molecule has 21 heavy (non-hydrogen) atoms. The molecule has 2 N–H and O–H groups in total. The lowest BCUT2D eigenvalue weighted by Gasteiger charge is -2.33. The van der Waals surface area contributed by atoms with Gasteiger partial charge in [-0.25, -0.2) is 9.50 Å². The monoisotopic (exact) mass is 301 g/mol. The minimum atomic E-state index is -4.48. The lowest BCUT2D eigenvalue weighted by molar-refractivity contribution is -0.141. The van der Waals surface area contributed by atoms with E-state index in [-0.39, 0.29) is 6.10 Å². The Morgan fingerprint density at radius 1 is 1.43 bits per heavy atom. The number of rotatable bonds is 2. The molecular weight excluding hydrogens is 287 g/mol. The lowest BCUT2D eigenvalue weighted by Crippen LogP contribution is -2.46. The number of hydrogen-bond acceptors (Lipinski definition) is 5. The molecule has 3 heterocycles. The quantitative estimate of drug-likeness (QED) is 0.893. The van der Waals surface area contributed by atoms with E-state index in [0.717, 1.165) is 6.07 Å². The van der Waals surface area contributed by atoms with Crippen molar-refractivity contribution in [3.8, 4) is 0 Å². The number of anilines is 1. The van der Waals surface area contributed by atoms with Gasteiger partial charge in [-0.2, -0.15) is 18.3 Å². The standard InChI is InChI=1S/C12H14F3N5O/c13-12(14,15)10-5-9-11(17-1-2-20(9)18-10)19-3-4-21-8(6-16)7-19/h1-2,5,8H,3-4,6-7,16H2. The summed E-state index contributed by atoms with van der Waals surface area (Å²) >= 11 is 0. The number of aromatic nitrogens is 3. The number of nitrogens with two attached hydrogens (primary N) is 1. The first-order valence-electron chi connectivity index (χ1n) is 6.47. The third-order valence-corrected chi connectivity index (χ3v) is 3.36. The van der Waals surface area contributed by atoms with Gasteiger partial charge in [0, 0.05) is 38.1 Å². The van der Waals surface area contributed by atoms with Gasteiger partial charge in [-0.05, 0) is 0 Å². The SMILES string of the molecule is NCC1CN(c2nccn3nc(C(F)(F)F)cc23)CCO1. The zero-order chi connectivity index (χ0) is 15.0. The highest BCUT2D eigenvalue weighted by molar-refractivity contribution is 5.69. The maximum atomic E-state index is 12.8. The van der Waals surface area contributed by atoms with Crippen LogP contribution in [-0.4, -0.2) is 46.9 Å². The zero-order valence-corrected chi connectivity index (χ0v) is 11.0. The number of halogens is 3. The molecule has 1 saturated heterocycles. The van der Waals surface area contributed by atoms with Crippen molar-refractivity contribution in [3.05, 3.63) is 24.2 Å². The predicted molar refractivity (Wildman–Crippen MR) is 69.0 cm³/mol. The molecule has 6 nitrogen and oxygen atoms in total. The van der Waals surface area contributed by atoms with Gasteiger partial charge in [-0.3, -0.25) is 0 Å². The summed E-state index contributed by atoms with van der Waals surface area (Å²) in [5.41, 5.74) is 4.97. The minimum absolute atomic E-state index is 0.147. The van der Waals surface area contributed by atoms with E-state index in [0.29, 0.717) is 37.6 Å². The first kappa shape index (κ1) is 14.1. The van der Waals surface area contributed by atoms with E-state index in [4.69, 9.17) is 10.5 Å². The summed E-state index contributed by atoms with van der Waals surface area (Å²) in [5.74, 6) is 0.460. The molecule has 114 valence electrons. The van der Waals surface area contributed by atoms with Crippen molar-refractivity contribution in [2.45, 2.75) is 12.3 Å². The van der Waals surface area contributed by atoms with Crippen LogP contribution in [0.25, 0.3) is 5.52 Å². The van der Waals surface area contributed by atoms with E-state index >= 15 is 0 Å². The first-order chi connectivity index (χ1) is 9.99. The predicted octanol–water partition coefficient (Wildman–Crippen LogP) is 0.912. The van der Waals surface area contributed by atoms with Crippen LogP contribution in [0, 0.1) is 0 Å².